The maximum atomic E-state index is 14.1. The van der Waals surface area contributed by atoms with Gasteiger partial charge in [0.1, 0.15) is 10.4 Å². The van der Waals surface area contributed by atoms with Crippen LogP contribution in [0.15, 0.2) is 44.8 Å². The van der Waals surface area contributed by atoms with Gasteiger partial charge in [-0.2, -0.15) is 4.09 Å². The van der Waals surface area contributed by atoms with E-state index in [9.17, 15) is 8.60 Å². The molecule has 1 aliphatic heterocycles. The van der Waals surface area contributed by atoms with Gasteiger partial charge in [0, 0.05) is 29.1 Å². The van der Waals surface area contributed by atoms with Crippen LogP contribution in [-0.2, 0) is 11.0 Å². The van der Waals surface area contributed by atoms with E-state index in [0.29, 0.717) is 24.6 Å². The van der Waals surface area contributed by atoms with Crippen molar-refractivity contribution in [3.63, 3.8) is 0 Å². The van der Waals surface area contributed by atoms with E-state index >= 15 is 0 Å². The molecule has 1 aliphatic carbocycles. The van der Waals surface area contributed by atoms with Gasteiger partial charge in [-0.1, -0.05) is 26.0 Å². The van der Waals surface area contributed by atoms with Crippen molar-refractivity contribution in [1.82, 2.24) is 9.19 Å². The fourth-order valence-corrected chi connectivity index (χ4v) is 8.10. The Kier molecular flexibility index (Phi) is 4.99. The predicted octanol–water partition coefficient (Wildman–Crippen LogP) is 5.64. The SMILES string of the molecule is CC(C)Sc1ccc(S(=O)n2nc(N3CCC(F)CC34CC4)c3ccccc32)s1. The Bertz CT molecular complexity index is 1070. The molecule has 29 heavy (non-hydrogen) atoms. The minimum atomic E-state index is -1.40. The molecule has 0 N–H and O–H groups in total. The number of para-hydroxylation sites is 1. The number of hydrogen-bond donors (Lipinski definition) is 0. The maximum Gasteiger partial charge on any atom is 0.184 e. The highest BCUT2D eigenvalue weighted by atomic mass is 32.2. The Labute approximate surface area is 181 Å². The third kappa shape index (κ3) is 3.53. The van der Waals surface area contributed by atoms with Crippen LogP contribution >= 0.6 is 23.1 Å². The molecule has 0 bridgehead atoms. The first-order valence-electron chi connectivity index (χ1n) is 10.1. The number of aromatic nitrogens is 2. The average Bonchev–Trinajstić information content (AvgIpc) is 3.13. The summed E-state index contributed by atoms with van der Waals surface area (Å²) in [6.45, 7) is 4.98. The standard InChI is InChI=1S/C21H24FN3OS3/c1-14(2)27-18-7-8-19(28-18)29(26)25-17-6-4-3-5-16(17)20(23-25)24-12-9-15(22)13-21(24)10-11-21/h3-8,14-15H,9-13H2,1-2H3. The Morgan fingerprint density at radius 2 is 2.07 bits per heavy atom. The zero-order valence-corrected chi connectivity index (χ0v) is 19.0. The number of nitrogens with zero attached hydrogens (tertiary/aromatic N) is 3. The summed E-state index contributed by atoms with van der Waals surface area (Å²) in [5.41, 5.74) is 0.774. The van der Waals surface area contributed by atoms with Crippen LogP contribution in [0.3, 0.4) is 0 Å². The fraction of sp³-hybridized carbons (Fsp3) is 0.476. The summed E-state index contributed by atoms with van der Waals surface area (Å²) in [5, 5.41) is 6.32. The summed E-state index contributed by atoms with van der Waals surface area (Å²) >= 11 is 3.35. The van der Waals surface area contributed by atoms with Gasteiger partial charge in [-0.15, -0.1) is 28.2 Å². The smallest absolute Gasteiger partial charge is 0.184 e. The molecule has 0 amide bonds. The van der Waals surface area contributed by atoms with E-state index in [1.54, 1.807) is 27.2 Å². The molecule has 2 aliphatic rings. The molecule has 1 spiro atoms. The molecule has 0 radical (unpaired) electrons. The summed E-state index contributed by atoms with van der Waals surface area (Å²) in [5.74, 6) is 0.853. The molecule has 1 saturated heterocycles. The van der Waals surface area contributed by atoms with Gasteiger partial charge in [-0.25, -0.2) is 8.60 Å². The minimum absolute atomic E-state index is 0.0921. The molecule has 154 valence electrons. The topological polar surface area (TPSA) is 38.1 Å². The van der Waals surface area contributed by atoms with Crippen molar-refractivity contribution in [2.75, 3.05) is 11.4 Å². The monoisotopic (exact) mass is 449 g/mol. The summed E-state index contributed by atoms with van der Waals surface area (Å²) in [6.07, 6.45) is 2.42. The van der Waals surface area contributed by atoms with E-state index in [4.69, 9.17) is 5.10 Å². The van der Waals surface area contributed by atoms with Crippen molar-refractivity contribution in [2.24, 2.45) is 0 Å². The lowest BCUT2D eigenvalue weighted by Gasteiger charge is -2.38. The second-order valence-corrected chi connectivity index (χ2v) is 12.7. The van der Waals surface area contributed by atoms with Crippen molar-refractivity contribution >= 4 is 50.8 Å². The highest BCUT2D eigenvalue weighted by molar-refractivity contribution is 8.02. The fourth-order valence-electron chi connectivity index (χ4n) is 4.21. The van der Waals surface area contributed by atoms with Crippen LogP contribution in [0.2, 0.25) is 0 Å². The second-order valence-electron chi connectivity index (χ2n) is 8.17. The lowest BCUT2D eigenvalue weighted by molar-refractivity contribution is 0.236. The van der Waals surface area contributed by atoms with Crippen molar-refractivity contribution in [3.8, 4) is 0 Å². The minimum Gasteiger partial charge on any atom is -0.349 e. The van der Waals surface area contributed by atoms with Gasteiger partial charge in [0.15, 0.2) is 16.8 Å². The Balaban J connectivity index is 1.54. The molecule has 4 nitrogen and oxygen atoms in total. The van der Waals surface area contributed by atoms with E-state index in [1.807, 2.05) is 36.4 Å². The molecule has 2 aromatic heterocycles. The molecule has 1 saturated carbocycles. The zero-order valence-electron chi connectivity index (χ0n) is 16.5. The van der Waals surface area contributed by atoms with Gasteiger partial charge >= 0.3 is 0 Å². The van der Waals surface area contributed by atoms with E-state index < -0.39 is 17.2 Å². The van der Waals surface area contributed by atoms with Gasteiger partial charge in [0.2, 0.25) is 0 Å². The summed E-state index contributed by atoms with van der Waals surface area (Å²) in [6, 6.07) is 11.9. The van der Waals surface area contributed by atoms with Gasteiger partial charge < -0.3 is 4.90 Å². The Hall–Kier alpha value is -1.38. The Morgan fingerprint density at radius 3 is 2.83 bits per heavy atom. The van der Waals surface area contributed by atoms with Crippen LogP contribution in [0.5, 0.6) is 0 Å². The predicted molar refractivity (Wildman–Crippen MR) is 120 cm³/mol. The average molecular weight is 450 g/mol. The highest BCUT2D eigenvalue weighted by Crippen LogP contribution is 2.51. The lowest BCUT2D eigenvalue weighted by atomic mass is 9.98. The number of thiophene rings is 1. The van der Waals surface area contributed by atoms with Crippen LogP contribution in [0, 0.1) is 0 Å². The van der Waals surface area contributed by atoms with Gasteiger partial charge in [-0.05, 0) is 43.5 Å². The maximum absolute atomic E-state index is 14.1. The molecule has 3 heterocycles. The quantitative estimate of drug-likeness (QED) is 0.473. The van der Waals surface area contributed by atoms with Gasteiger partial charge in [0.05, 0.1) is 9.73 Å². The number of halogens is 1. The molecule has 2 fully saturated rings. The number of anilines is 1. The summed E-state index contributed by atoms with van der Waals surface area (Å²) < 4.78 is 31.1. The number of rotatable bonds is 5. The summed E-state index contributed by atoms with van der Waals surface area (Å²) in [7, 11) is -1.40. The molecular formula is C21H24FN3OS3. The number of alkyl halides is 1. The first-order chi connectivity index (χ1) is 14.0. The normalized spacial score (nSPS) is 21.9. The van der Waals surface area contributed by atoms with Crippen LogP contribution in [-0.4, -0.2) is 36.9 Å². The van der Waals surface area contributed by atoms with Crippen LogP contribution < -0.4 is 4.90 Å². The number of thioether (sulfide) groups is 1. The Morgan fingerprint density at radius 1 is 1.28 bits per heavy atom. The van der Waals surface area contributed by atoms with Crippen molar-refractivity contribution in [3.05, 3.63) is 36.4 Å². The van der Waals surface area contributed by atoms with Crippen LogP contribution in [0.25, 0.3) is 10.9 Å². The molecule has 1 aromatic carbocycles. The number of benzene rings is 1. The van der Waals surface area contributed by atoms with E-state index in [-0.39, 0.29) is 5.54 Å². The third-order valence-electron chi connectivity index (χ3n) is 5.70. The number of hydrogen-bond acceptors (Lipinski definition) is 5. The number of piperidine rings is 1. The van der Waals surface area contributed by atoms with Crippen molar-refractivity contribution in [2.45, 2.75) is 64.9 Å². The number of fused-ring (bicyclic) bond motifs is 1. The van der Waals surface area contributed by atoms with E-state index in [1.165, 1.54) is 4.21 Å². The molecule has 2 unspecified atom stereocenters. The zero-order chi connectivity index (χ0) is 20.2. The van der Waals surface area contributed by atoms with E-state index in [0.717, 1.165) is 33.8 Å². The summed E-state index contributed by atoms with van der Waals surface area (Å²) in [4.78, 5) is 2.29. The highest BCUT2D eigenvalue weighted by Gasteiger charge is 2.53. The second kappa shape index (κ2) is 7.39. The van der Waals surface area contributed by atoms with Crippen LogP contribution in [0.1, 0.15) is 39.5 Å². The molecule has 2 atom stereocenters. The van der Waals surface area contributed by atoms with Gasteiger partial charge in [0.25, 0.3) is 0 Å². The molecular weight excluding hydrogens is 425 g/mol. The van der Waals surface area contributed by atoms with Crippen molar-refractivity contribution in [1.29, 1.82) is 0 Å². The largest absolute Gasteiger partial charge is 0.349 e. The first-order valence-corrected chi connectivity index (χ1v) is 12.9. The molecule has 3 aromatic rings. The third-order valence-corrected chi connectivity index (χ3v) is 9.50. The first kappa shape index (κ1) is 19.6. The lowest BCUT2D eigenvalue weighted by Crippen LogP contribution is -2.45. The molecule has 8 heteroatoms. The molecule has 5 rings (SSSR count). The van der Waals surface area contributed by atoms with Gasteiger partial charge in [-0.3, -0.25) is 0 Å². The van der Waals surface area contributed by atoms with Crippen molar-refractivity contribution < 1.29 is 8.60 Å². The van der Waals surface area contributed by atoms with E-state index in [2.05, 4.69) is 18.7 Å². The van der Waals surface area contributed by atoms with Crippen LogP contribution in [0.4, 0.5) is 10.2 Å².